The molecule has 1 aliphatic rings. The molecule has 0 saturated carbocycles. The Balaban J connectivity index is 2.17. The first kappa shape index (κ1) is 11.7. The van der Waals surface area contributed by atoms with Crippen molar-refractivity contribution in [1.29, 1.82) is 0 Å². The smallest absolute Gasteiger partial charge is 0.337 e. The summed E-state index contributed by atoms with van der Waals surface area (Å²) in [6.45, 7) is 0.598. The Bertz CT molecular complexity index is 654. The number of aromatic carboxylic acids is 1. The Morgan fingerprint density at radius 1 is 1.16 bits per heavy atom. The number of para-hydroxylation sites is 2. The highest BCUT2D eigenvalue weighted by Gasteiger charge is 2.26. The lowest BCUT2D eigenvalue weighted by atomic mass is 10.1. The lowest BCUT2D eigenvalue weighted by Gasteiger charge is -2.22. The fourth-order valence-electron chi connectivity index (χ4n) is 2.53. The van der Waals surface area contributed by atoms with Gasteiger partial charge in [-0.15, -0.1) is 0 Å². The number of fused-ring (bicyclic) bond motifs is 1. The first-order valence-electron chi connectivity index (χ1n) is 6.06. The Kier molecular flexibility index (Phi) is 2.71. The fourth-order valence-corrected chi connectivity index (χ4v) is 2.53. The minimum Gasteiger partial charge on any atom is -0.478 e. The molecule has 0 fully saturated rings. The summed E-state index contributed by atoms with van der Waals surface area (Å²) in [7, 11) is 0. The molecule has 1 N–H and O–H groups in total. The number of carbonyl (C=O) groups is 1. The molecule has 4 heteroatoms. The summed E-state index contributed by atoms with van der Waals surface area (Å²) in [5, 5.41) is 9.21. The van der Waals surface area contributed by atoms with Crippen LogP contribution in [0.25, 0.3) is 0 Å². The number of carboxylic acids is 1. The predicted molar refractivity (Wildman–Crippen MR) is 70.5 cm³/mol. The first-order valence-corrected chi connectivity index (χ1v) is 6.06. The van der Waals surface area contributed by atoms with Crippen LogP contribution >= 0.6 is 0 Å². The number of nitrogens with zero attached hydrogens (tertiary/aromatic N) is 1. The highest BCUT2D eigenvalue weighted by molar-refractivity contribution is 5.96. The van der Waals surface area contributed by atoms with Crippen LogP contribution in [0.2, 0.25) is 0 Å². The summed E-state index contributed by atoms with van der Waals surface area (Å²) in [5.41, 5.74) is 2.15. The fraction of sp³-hybridized carbons (Fsp3) is 0.133. The van der Waals surface area contributed by atoms with Gasteiger partial charge in [-0.25, -0.2) is 9.18 Å². The van der Waals surface area contributed by atoms with Gasteiger partial charge in [0.1, 0.15) is 5.82 Å². The number of hydrogen-bond acceptors (Lipinski definition) is 2. The molecule has 0 amide bonds. The molecule has 0 radical (unpaired) electrons. The summed E-state index contributed by atoms with van der Waals surface area (Å²) < 4.78 is 14.1. The topological polar surface area (TPSA) is 40.5 Å². The summed E-state index contributed by atoms with van der Waals surface area (Å²) in [6.07, 6.45) is 0.795. The zero-order chi connectivity index (χ0) is 13.4. The van der Waals surface area contributed by atoms with E-state index >= 15 is 0 Å². The van der Waals surface area contributed by atoms with E-state index in [1.807, 2.05) is 24.3 Å². The molecule has 0 aromatic heterocycles. The van der Waals surface area contributed by atoms with E-state index < -0.39 is 11.8 Å². The van der Waals surface area contributed by atoms with Crippen molar-refractivity contribution in [1.82, 2.24) is 0 Å². The maximum Gasteiger partial charge on any atom is 0.337 e. The number of hydrogen-bond donors (Lipinski definition) is 1. The normalized spacial score (nSPS) is 13.4. The van der Waals surface area contributed by atoms with Gasteiger partial charge in [-0.3, -0.25) is 0 Å². The van der Waals surface area contributed by atoms with E-state index in [4.69, 9.17) is 0 Å². The SMILES string of the molecule is O=C(O)c1cccc(F)c1N1CCc2ccccc21. The summed E-state index contributed by atoms with van der Waals surface area (Å²) in [5.74, 6) is -1.62. The molecule has 1 heterocycles. The van der Waals surface area contributed by atoms with Crippen molar-refractivity contribution in [2.75, 3.05) is 11.4 Å². The highest BCUT2D eigenvalue weighted by atomic mass is 19.1. The van der Waals surface area contributed by atoms with Crippen molar-refractivity contribution in [3.63, 3.8) is 0 Å². The van der Waals surface area contributed by atoms with E-state index in [-0.39, 0.29) is 11.3 Å². The van der Waals surface area contributed by atoms with E-state index in [0.717, 1.165) is 17.7 Å². The second-order valence-electron chi connectivity index (χ2n) is 4.47. The Morgan fingerprint density at radius 2 is 1.95 bits per heavy atom. The molecular weight excluding hydrogens is 245 g/mol. The van der Waals surface area contributed by atoms with Gasteiger partial charge in [-0.05, 0) is 30.2 Å². The highest BCUT2D eigenvalue weighted by Crippen LogP contribution is 2.37. The minimum absolute atomic E-state index is 0.00305. The van der Waals surface area contributed by atoms with Crippen LogP contribution in [0.1, 0.15) is 15.9 Å². The maximum absolute atomic E-state index is 14.1. The number of benzene rings is 2. The van der Waals surface area contributed by atoms with Gasteiger partial charge >= 0.3 is 5.97 Å². The van der Waals surface area contributed by atoms with Gasteiger partial charge in [0, 0.05) is 12.2 Å². The van der Waals surface area contributed by atoms with Crippen LogP contribution in [0.15, 0.2) is 42.5 Å². The standard InChI is InChI=1S/C15H12FNO2/c16-12-6-3-5-11(15(18)19)14(12)17-9-8-10-4-1-2-7-13(10)17/h1-7H,8-9H2,(H,18,19). The second kappa shape index (κ2) is 4.39. The largest absolute Gasteiger partial charge is 0.478 e. The second-order valence-corrected chi connectivity index (χ2v) is 4.47. The van der Waals surface area contributed by atoms with Crippen LogP contribution < -0.4 is 4.90 Å². The predicted octanol–water partition coefficient (Wildman–Crippen LogP) is 3.22. The summed E-state index contributed by atoms with van der Waals surface area (Å²) >= 11 is 0. The van der Waals surface area contributed by atoms with Gasteiger partial charge in [-0.2, -0.15) is 0 Å². The van der Waals surface area contributed by atoms with Crippen LogP contribution in [0.4, 0.5) is 15.8 Å². The molecule has 0 aliphatic carbocycles. The third-order valence-electron chi connectivity index (χ3n) is 3.37. The maximum atomic E-state index is 14.1. The van der Waals surface area contributed by atoms with Crippen molar-refractivity contribution in [2.24, 2.45) is 0 Å². The minimum atomic E-state index is -1.11. The molecule has 1 aliphatic heterocycles. The van der Waals surface area contributed by atoms with E-state index in [0.29, 0.717) is 6.54 Å². The van der Waals surface area contributed by atoms with E-state index in [1.54, 1.807) is 4.90 Å². The van der Waals surface area contributed by atoms with Crippen LogP contribution in [-0.4, -0.2) is 17.6 Å². The Hall–Kier alpha value is -2.36. The molecule has 19 heavy (non-hydrogen) atoms. The molecular formula is C15H12FNO2. The van der Waals surface area contributed by atoms with Gasteiger partial charge in [0.25, 0.3) is 0 Å². The van der Waals surface area contributed by atoms with E-state index in [2.05, 4.69) is 0 Å². The average molecular weight is 257 g/mol. The number of rotatable bonds is 2. The lowest BCUT2D eigenvalue weighted by molar-refractivity contribution is 0.0697. The molecule has 0 unspecified atom stereocenters. The number of anilines is 2. The van der Waals surface area contributed by atoms with E-state index in [1.165, 1.54) is 18.2 Å². The zero-order valence-corrected chi connectivity index (χ0v) is 10.1. The van der Waals surface area contributed by atoms with Crippen molar-refractivity contribution < 1.29 is 14.3 Å². The van der Waals surface area contributed by atoms with Crippen LogP contribution in [0, 0.1) is 5.82 Å². The van der Waals surface area contributed by atoms with E-state index in [9.17, 15) is 14.3 Å². The van der Waals surface area contributed by atoms with Crippen LogP contribution in [0.5, 0.6) is 0 Å². The van der Waals surface area contributed by atoms with Crippen molar-refractivity contribution in [2.45, 2.75) is 6.42 Å². The molecule has 3 nitrogen and oxygen atoms in total. The van der Waals surface area contributed by atoms with Gasteiger partial charge in [0.15, 0.2) is 0 Å². The Morgan fingerprint density at radius 3 is 2.74 bits per heavy atom. The third-order valence-corrected chi connectivity index (χ3v) is 3.37. The van der Waals surface area contributed by atoms with Crippen LogP contribution in [-0.2, 0) is 6.42 Å². The van der Waals surface area contributed by atoms with Gasteiger partial charge in [0.2, 0.25) is 0 Å². The quantitative estimate of drug-likeness (QED) is 0.898. The van der Waals surface area contributed by atoms with Gasteiger partial charge < -0.3 is 10.0 Å². The summed E-state index contributed by atoms with van der Waals surface area (Å²) in [4.78, 5) is 13.0. The lowest BCUT2D eigenvalue weighted by Crippen LogP contribution is -2.18. The summed E-state index contributed by atoms with van der Waals surface area (Å²) in [6, 6.07) is 11.8. The number of halogens is 1. The van der Waals surface area contributed by atoms with Gasteiger partial charge in [0.05, 0.1) is 11.3 Å². The van der Waals surface area contributed by atoms with Gasteiger partial charge in [-0.1, -0.05) is 24.3 Å². The average Bonchev–Trinajstić information content (AvgIpc) is 2.82. The molecule has 2 aromatic rings. The molecule has 96 valence electrons. The molecule has 0 spiro atoms. The van der Waals surface area contributed by atoms with Crippen LogP contribution in [0.3, 0.4) is 0 Å². The van der Waals surface area contributed by atoms with Crippen molar-refractivity contribution in [3.05, 3.63) is 59.4 Å². The molecule has 0 bridgehead atoms. The molecule has 0 atom stereocenters. The monoisotopic (exact) mass is 257 g/mol. The zero-order valence-electron chi connectivity index (χ0n) is 10.1. The number of carboxylic acid groups (broad SMARTS) is 1. The first-order chi connectivity index (χ1) is 9.18. The molecule has 3 rings (SSSR count). The van der Waals surface area contributed by atoms with Crippen molar-refractivity contribution in [3.8, 4) is 0 Å². The van der Waals surface area contributed by atoms with Crippen molar-refractivity contribution >= 4 is 17.3 Å². The molecule has 2 aromatic carbocycles. The molecule has 0 saturated heterocycles. The Labute approximate surface area is 109 Å². The third kappa shape index (κ3) is 1.85.